The number of rotatable bonds is 5. The number of carbonyl (C=O) groups is 1. The predicted octanol–water partition coefficient (Wildman–Crippen LogP) is 2.69. The van der Waals surface area contributed by atoms with Crippen LogP contribution in [0.3, 0.4) is 0 Å². The maximum atomic E-state index is 11.5. The minimum atomic E-state index is 0.00666. The lowest BCUT2D eigenvalue weighted by Crippen LogP contribution is -2.22. The van der Waals surface area contributed by atoms with Crippen LogP contribution < -0.4 is 5.32 Å². The van der Waals surface area contributed by atoms with Gasteiger partial charge in [0.25, 0.3) is 5.91 Å². The molecular weight excluding hydrogens is 206 g/mol. The Kier molecular flexibility index (Phi) is 5.26. The fraction of sp³-hybridized carbons (Fsp3) is 0.417. The van der Waals surface area contributed by atoms with Gasteiger partial charge in [0.2, 0.25) is 0 Å². The van der Waals surface area contributed by atoms with Crippen molar-refractivity contribution < 1.29 is 4.79 Å². The third kappa shape index (κ3) is 3.96. The zero-order valence-electron chi connectivity index (χ0n) is 9.25. The van der Waals surface area contributed by atoms with Crippen molar-refractivity contribution in [1.82, 2.24) is 5.32 Å². The zero-order chi connectivity index (χ0) is 11.1. The number of thioether (sulfide) groups is 1. The monoisotopic (exact) mass is 223 g/mol. The van der Waals surface area contributed by atoms with E-state index in [0.29, 0.717) is 6.54 Å². The molecule has 0 radical (unpaired) electrons. The lowest BCUT2D eigenvalue weighted by molar-refractivity contribution is 0.0956. The van der Waals surface area contributed by atoms with Crippen LogP contribution >= 0.6 is 11.8 Å². The van der Waals surface area contributed by atoms with Crippen molar-refractivity contribution in [1.29, 1.82) is 0 Å². The summed E-state index contributed by atoms with van der Waals surface area (Å²) in [6.45, 7) is 4.74. The van der Waals surface area contributed by atoms with E-state index in [1.54, 1.807) is 0 Å². The van der Waals surface area contributed by atoms with E-state index in [0.717, 1.165) is 17.1 Å². The average molecular weight is 223 g/mol. The van der Waals surface area contributed by atoms with Crippen LogP contribution in [0, 0.1) is 0 Å². The summed E-state index contributed by atoms with van der Waals surface area (Å²) in [5.74, 6) is 2.15. The molecule has 1 aromatic rings. The number of amides is 1. The summed E-state index contributed by atoms with van der Waals surface area (Å²) in [5.41, 5.74) is 2.01. The zero-order valence-corrected chi connectivity index (χ0v) is 10.1. The van der Waals surface area contributed by atoms with Gasteiger partial charge in [0, 0.05) is 17.9 Å². The van der Waals surface area contributed by atoms with E-state index in [1.165, 1.54) is 5.56 Å². The van der Waals surface area contributed by atoms with Gasteiger partial charge in [0.05, 0.1) is 0 Å². The Hall–Kier alpha value is -0.960. The fourth-order valence-electron chi connectivity index (χ4n) is 1.23. The van der Waals surface area contributed by atoms with Crippen molar-refractivity contribution in [2.24, 2.45) is 0 Å². The summed E-state index contributed by atoms with van der Waals surface area (Å²) in [4.78, 5) is 11.5. The maximum absolute atomic E-state index is 11.5. The molecular formula is C12H17NOS. The number of hydrogen-bond donors (Lipinski definition) is 1. The summed E-state index contributed by atoms with van der Waals surface area (Å²) in [5, 5.41) is 2.78. The molecule has 0 saturated heterocycles. The van der Waals surface area contributed by atoms with E-state index < -0.39 is 0 Å². The number of benzene rings is 1. The van der Waals surface area contributed by atoms with Gasteiger partial charge in [-0.25, -0.2) is 0 Å². The van der Waals surface area contributed by atoms with E-state index >= 15 is 0 Å². The number of nitrogens with one attached hydrogen (secondary N) is 1. The van der Waals surface area contributed by atoms with Gasteiger partial charge in [0.15, 0.2) is 0 Å². The summed E-state index contributed by atoms with van der Waals surface area (Å²) < 4.78 is 0. The molecule has 1 aromatic carbocycles. The largest absolute Gasteiger partial charge is 0.352 e. The van der Waals surface area contributed by atoms with Gasteiger partial charge in [-0.1, -0.05) is 19.1 Å². The van der Waals surface area contributed by atoms with Crippen LogP contribution in [-0.4, -0.2) is 18.2 Å². The van der Waals surface area contributed by atoms with Gasteiger partial charge < -0.3 is 5.32 Å². The Labute approximate surface area is 95.5 Å². The molecule has 1 rings (SSSR count). The van der Waals surface area contributed by atoms with Gasteiger partial charge in [-0.3, -0.25) is 4.79 Å². The molecule has 0 atom stereocenters. The average Bonchev–Trinajstić information content (AvgIpc) is 2.27. The second-order valence-corrected chi connectivity index (χ2v) is 4.47. The summed E-state index contributed by atoms with van der Waals surface area (Å²) >= 11 is 1.89. The Morgan fingerprint density at radius 1 is 1.27 bits per heavy atom. The standard InChI is InChI=1S/C12H17NOS/c1-3-13-12(14)11-7-5-10(6-8-11)9-15-4-2/h5-8H,3-4,9H2,1-2H3,(H,13,14). The molecule has 0 aliphatic heterocycles. The highest BCUT2D eigenvalue weighted by Crippen LogP contribution is 2.12. The Bertz CT molecular complexity index is 308. The third-order valence-corrected chi connectivity index (χ3v) is 2.97. The smallest absolute Gasteiger partial charge is 0.251 e. The number of carbonyl (C=O) groups excluding carboxylic acids is 1. The number of hydrogen-bond acceptors (Lipinski definition) is 2. The molecule has 0 fully saturated rings. The summed E-state index contributed by atoms with van der Waals surface area (Å²) in [6.07, 6.45) is 0. The van der Waals surface area contributed by atoms with Crippen LogP contribution in [0.15, 0.2) is 24.3 Å². The lowest BCUT2D eigenvalue weighted by atomic mass is 10.1. The van der Waals surface area contributed by atoms with Crippen molar-refractivity contribution in [3.05, 3.63) is 35.4 Å². The molecule has 15 heavy (non-hydrogen) atoms. The second-order valence-electron chi connectivity index (χ2n) is 3.19. The first-order valence-corrected chi connectivity index (χ1v) is 6.38. The van der Waals surface area contributed by atoms with E-state index in [9.17, 15) is 4.79 Å². The van der Waals surface area contributed by atoms with Crippen LogP contribution in [0.2, 0.25) is 0 Å². The Morgan fingerprint density at radius 2 is 1.93 bits per heavy atom. The summed E-state index contributed by atoms with van der Waals surface area (Å²) in [7, 11) is 0. The maximum Gasteiger partial charge on any atom is 0.251 e. The molecule has 0 aliphatic carbocycles. The van der Waals surface area contributed by atoms with Crippen molar-refractivity contribution in [3.63, 3.8) is 0 Å². The van der Waals surface area contributed by atoms with E-state index in [-0.39, 0.29) is 5.91 Å². The van der Waals surface area contributed by atoms with Crippen LogP contribution in [-0.2, 0) is 5.75 Å². The normalized spacial score (nSPS) is 10.0. The molecule has 1 N–H and O–H groups in total. The molecule has 3 heteroatoms. The van der Waals surface area contributed by atoms with Gasteiger partial charge in [-0.15, -0.1) is 0 Å². The molecule has 0 unspecified atom stereocenters. The minimum absolute atomic E-state index is 0.00666. The minimum Gasteiger partial charge on any atom is -0.352 e. The quantitative estimate of drug-likeness (QED) is 0.831. The van der Waals surface area contributed by atoms with Crippen molar-refractivity contribution >= 4 is 17.7 Å². The van der Waals surface area contributed by atoms with Gasteiger partial charge in [0.1, 0.15) is 0 Å². The summed E-state index contributed by atoms with van der Waals surface area (Å²) in [6, 6.07) is 7.81. The van der Waals surface area contributed by atoms with Crippen LogP contribution in [0.25, 0.3) is 0 Å². The molecule has 2 nitrogen and oxygen atoms in total. The molecule has 1 amide bonds. The van der Waals surface area contributed by atoms with E-state index in [4.69, 9.17) is 0 Å². The topological polar surface area (TPSA) is 29.1 Å². The molecule has 0 aliphatic rings. The van der Waals surface area contributed by atoms with Crippen molar-refractivity contribution in [2.45, 2.75) is 19.6 Å². The van der Waals surface area contributed by atoms with Crippen molar-refractivity contribution in [2.75, 3.05) is 12.3 Å². The molecule has 0 heterocycles. The predicted molar refractivity (Wildman–Crippen MR) is 66.3 cm³/mol. The van der Waals surface area contributed by atoms with Crippen LogP contribution in [0.1, 0.15) is 29.8 Å². The molecule has 82 valence electrons. The van der Waals surface area contributed by atoms with Gasteiger partial charge >= 0.3 is 0 Å². The molecule has 0 saturated carbocycles. The second kappa shape index (κ2) is 6.51. The molecule has 0 spiro atoms. The van der Waals surface area contributed by atoms with Gasteiger partial charge in [-0.05, 0) is 30.4 Å². The Balaban J connectivity index is 2.59. The first-order chi connectivity index (χ1) is 7.27. The van der Waals surface area contributed by atoms with Gasteiger partial charge in [-0.2, -0.15) is 11.8 Å². The van der Waals surface area contributed by atoms with E-state index in [1.807, 2.05) is 43.0 Å². The molecule has 0 aromatic heterocycles. The third-order valence-electron chi connectivity index (χ3n) is 2.03. The van der Waals surface area contributed by atoms with E-state index in [2.05, 4.69) is 12.2 Å². The molecule has 0 bridgehead atoms. The first-order valence-electron chi connectivity index (χ1n) is 5.22. The highest BCUT2D eigenvalue weighted by atomic mass is 32.2. The van der Waals surface area contributed by atoms with Crippen molar-refractivity contribution in [3.8, 4) is 0 Å². The van der Waals surface area contributed by atoms with Crippen LogP contribution in [0.5, 0.6) is 0 Å². The Morgan fingerprint density at radius 3 is 2.47 bits per heavy atom. The highest BCUT2D eigenvalue weighted by molar-refractivity contribution is 7.98. The van der Waals surface area contributed by atoms with Crippen LogP contribution in [0.4, 0.5) is 0 Å². The SMILES string of the molecule is CCNC(=O)c1ccc(CSCC)cc1. The lowest BCUT2D eigenvalue weighted by Gasteiger charge is -2.03. The first kappa shape index (κ1) is 12.1. The highest BCUT2D eigenvalue weighted by Gasteiger charge is 2.02. The fourth-order valence-corrected chi connectivity index (χ4v) is 1.87.